The number of para-hydroxylation sites is 1. The number of carbonyl (C=O) groups is 1. The van der Waals surface area contributed by atoms with Crippen LogP contribution in [0.2, 0.25) is 0 Å². The van der Waals surface area contributed by atoms with Gasteiger partial charge in [-0.1, -0.05) is 44.2 Å². The van der Waals surface area contributed by atoms with Gasteiger partial charge in [-0.3, -0.25) is 4.79 Å². The van der Waals surface area contributed by atoms with Gasteiger partial charge in [-0.25, -0.2) is 0 Å². The highest BCUT2D eigenvalue weighted by atomic mass is 19.4. The van der Waals surface area contributed by atoms with Crippen LogP contribution in [0.4, 0.5) is 13.2 Å². The second kappa shape index (κ2) is 11.0. The first-order chi connectivity index (χ1) is 17.3. The van der Waals surface area contributed by atoms with Crippen molar-refractivity contribution in [3.63, 3.8) is 0 Å². The predicted octanol–water partition coefficient (Wildman–Crippen LogP) is 7.46. The number of nitrogens with zero attached hydrogens (tertiary/aromatic N) is 1. The molecule has 0 amide bonds. The van der Waals surface area contributed by atoms with E-state index in [2.05, 4.69) is 18.7 Å². The Bertz CT molecular complexity index is 1300. The van der Waals surface area contributed by atoms with Crippen LogP contribution in [-0.4, -0.2) is 36.9 Å². The Morgan fingerprint density at radius 2 is 1.58 bits per heavy atom. The van der Waals surface area contributed by atoms with Gasteiger partial charge in [0.1, 0.15) is 17.1 Å². The Kier molecular flexibility index (Phi) is 7.79. The summed E-state index contributed by atoms with van der Waals surface area (Å²) in [6.07, 6.45) is -3.55. The van der Waals surface area contributed by atoms with Gasteiger partial charge >= 0.3 is 6.18 Å². The van der Waals surface area contributed by atoms with Gasteiger partial charge in [0.25, 0.3) is 0 Å². The molecule has 0 aliphatic rings. The van der Waals surface area contributed by atoms with Crippen molar-refractivity contribution in [1.82, 2.24) is 4.90 Å². The molecular weight excluding hydrogens is 467 g/mol. The normalized spacial score (nSPS) is 11.8. The van der Waals surface area contributed by atoms with Crippen LogP contribution < -0.4 is 4.74 Å². The Morgan fingerprint density at radius 1 is 0.917 bits per heavy atom. The summed E-state index contributed by atoms with van der Waals surface area (Å²) >= 11 is 0. The van der Waals surface area contributed by atoms with Crippen molar-refractivity contribution in [3.05, 3.63) is 89.5 Å². The lowest BCUT2D eigenvalue weighted by Gasteiger charge is -2.17. The number of alkyl halides is 3. The molecule has 188 valence electrons. The Labute approximate surface area is 208 Å². The van der Waals surface area contributed by atoms with E-state index in [1.54, 1.807) is 24.3 Å². The summed E-state index contributed by atoms with van der Waals surface area (Å²) in [7, 11) is 0. The molecule has 4 nitrogen and oxygen atoms in total. The first-order valence-corrected chi connectivity index (χ1v) is 12.0. The van der Waals surface area contributed by atoms with Gasteiger partial charge in [-0.15, -0.1) is 0 Å². The minimum Gasteiger partial charge on any atom is -0.494 e. The quantitative estimate of drug-likeness (QED) is 0.169. The van der Waals surface area contributed by atoms with E-state index in [1.807, 2.05) is 24.3 Å². The molecule has 0 fully saturated rings. The van der Waals surface area contributed by atoms with E-state index >= 15 is 0 Å². The van der Waals surface area contributed by atoms with Crippen LogP contribution in [0.5, 0.6) is 5.75 Å². The molecule has 0 radical (unpaired) electrons. The molecule has 0 N–H and O–H groups in total. The number of halogens is 3. The summed E-state index contributed by atoms with van der Waals surface area (Å²) in [6, 6.07) is 18.7. The van der Waals surface area contributed by atoms with Gasteiger partial charge in [0, 0.05) is 23.1 Å². The molecule has 4 rings (SSSR count). The fraction of sp³-hybridized carbons (Fsp3) is 0.276. The molecule has 3 aromatic carbocycles. The highest BCUT2D eigenvalue weighted by molar-refractivity contribution is 6.19. The topological polar surface area (TPSA) is 42.7 Å². The highest BCUT2D eigenvalue weighted by Crippen LogP contribution is 2.36. The van der Waals surface area contributed by atoms with Gasteiger partial charge in [-0.2, -0.15) is 13.2 Å². The smallest absolute Gasteiger partial charge is 0.416 e. The van der Waals surface area contributed by atoms with Crippen LogP contribution in [0.25, 0.3) is 22.3 Å². The van der Waals surface area contributed by atoms with Gasteiger partial charge < -0.3 is 14.1 Å². The molecule has 0 atom stereocenters. The molecule has 0 spiro atoms. The third-order valence-corrected chi connectivity index (χ3v) is 6.20. The van der Waals surface area contributed by atoms with E-state index in [0.29, 0.717) is 40.2 Å². The van der Waals surface area contributed by atoms with Gasteiger partial charge in [0.2, 0.25) is 0 Å². The number of ketones is 1. The van der Waals surface area contributed by atoms with Crippen LogP contribution in [0.15, 0.2) is 77.2 Å². The first kappa shape index (κ1) is 25.5. The summed E-state index contributed by atoms with van der Waals surface area (Å²) in [4.78, 5) is 15.8. The van der Waals surface area contributed by atoms with Crippen molar-refractivity contribution >= 4 is 16.8 Å². The average molecular weight is 496 g/mol. The van der Waals surface area contributed by atoms with Crippen LogP contribution >= 0.6 is 0 Å². The van der Waals surface area contributed by atoms with Crippen LogP contribution in [-0.2, 0) is 6.18 Å². The number of hydrogen-bond donors (Lipinski definition) is 0. The molecule has 1 aromatic heterocycles. The zero-order chi connectivity index (χ0) is 25.7. The maximum atomic E-state index is 13.5. The Balaban J connectivity index is 1.58. The minimum atomic E-state index is -4.47. The maximum absolute atomic E-state index is 13.5. The second-order valence-electron chi connectivity index (χ2n) is 8.46. The molecule has 1 heterocycles. The summed E-state index contributed by atoms with van der Waals surface area (Å²) in [5.41, 5.74) is 0.877. The fourth-order valence-electron chi connectivity index (χ4n) is 4.15. The van der Waals surface area contributed by atoms with E-state index < -0.39 is 17.5 Å². The molecule has 0 aliphatic carbocycles. The molecule has 0 unspecified atom stereocenters. The van der Waals surface area contributed by atoms with Crippen LogP contribution in [0.1, 0.15) is 41.8 Å². The lowest BCUT2D eigenvalue weighted by molar-refractivity contribution is -0.137. The molecular formula is C29H28F3NO3. The Morgan fingerprint density at radius 3 is 2.22 bits per heavy atom. The molecule has 7 heteroatoms. The fourth-order valence-corrected chi connectivity index (χ4v) is 4.15. The predicted molar refractivity (Wildman–Crippen MR) is 134 cm³/mol. The van der Waals surface area contributed by atoms with E-state index in [1.165, 1.54) is 12.1 Å². The highest BCUT2D eigenvalue weighted by Gasteiger charge is 2.31. The van der Waals surface area contributed by atoms with E-state index in [0.717, 1.165) is 38.2 Å². The van der Waals surface area contributed by atoms with Crippen LogP contribution in [0, 0.1) is 0 Å². The number of rotatable bonds is 10. The Hall–Kier alpha value is -3.58. The van der Waals surface area contributed by atoms with Crippen molar-refractivity contribution < 1.29 is 27.1 Å². The number of carbonyl (C=O) groups excluding carboxylic acids is 1. The van der Waals surface area contributed by atoms with Crippen molar-refractivity contribution in [1.29, 1.82) is 0 Å². The van der Waals surface area contributed by atoms with Crippen molar-refractivity contribution in [3.8, 4) is 17.1 Å². The molecule has 0 aliphatic heterocycles. The standard InChI is InChI=1S/C29H28F3NO3/c1-3-33(4-2)18-7-19-35-23-16-12-21(13-17-23)28-26(24-8-5-6-9-25(24)36-28)27(34)20-10-14-22(15-11-20)29(30,31)32/h5-6,8-17H,3-4,7,18-19H2,1-2H3. The maximum Gasteiger partial charge on any atom is 0.416 e. The SMILES string of the molecule is CCN(CC)CCCOc1ccc(-c2oc3ccccc3c2C(=O)c2ccc(C(F)(F)F)cc2)cc1. The van der Waals surface area contributed by atoms with Gasteiger partial charge in [0.05, 0.1) is 17.7 Å². The number of ether oxygens (including phenoxy) is 1. The summed E-state index contributed by atoms with van der Waals surface area (Å²) < 4.78 is 50.8. The summed E-state index contributed by atoms with van der Waals surface area (Å²) in [6.45, 7) is 7.86. The van der Waals surface area contributed by atoms with Crippen molar-refractivity contribution in [2.45, 2.75) is 26.4 Å². The zero-order valence-corrected chi connectivity index (χ0v) is 20.3. The lowest BCUT2D eigenvalue weighted by atomic mass is 9.96. The van der Waals surface area contributed by atoms with Crippen LogP contribution in [0.3, 0.4) is 0 Å². The lowest BCUT2D eigenvalue weighted by Crippen LogP contribution is -2.25. The number of fused-ring (bicyclic) bond motifs is 1. The zero-order valence-electron chi connectivity index (χ0n) is 20.3. The molecule has 0 saturated heterocycles. The third-order valence-electron chi connectivity index (χ3n) is 6.20. The number of hydrogen-bond acceptors (Lipinski definition) is 4. The van der Waals surface area contributed by atoms with E-state index in [4.69, 9.17) is 9.15 Å². The first-order valence-electron chi connectivity index (χ1n) is 12.0. The molecule has 0 saturated carbocycles. The summed E-state index contributed by atoms with van der Waals surface area (Å²) in [5.74, 6) is 0.680. The van der Waals surface area contributed by atoms with Crippen molar-refractivity contribution in [2.24, 2.45) is 0 Å². The monoisotopic (exact) mass is 495 g/mol. The van der Waals surface area contributed by atoms with Gasteiger partial charge in [0.15, 0.2) is 5.78 Å². The van der Waals surface area contributed by atoms with Gasteiger partial charge in [-0.05, 0) is 62.0 Å². The van der Waals surface area contributed by atoms with E-state index in [-0.39, 0.29) is 5.56 Å². The second-order valence-corrected chi connectivity index (χ2v) is 8.46. The average Bonchev–Trinajstić information content (AvgIpc) is 3.28. The summed E-state index contributed by atoms with van der Waals surface area (Å²) in [5, 5.41) is 0.606. The molecule has 36 heavy (non-hydrogen) atoms. The minimum absolute atomic E-state index is 0.156. The molecule has 4 aromatic rings. The van der Waals surface area contributed by atoms with Crippen molar-refractivity contribution in [2.75, 3.05) is 26.2 Å². The van der Waals surface area contributed by atoms with E-state index in [9.17, 15) is 18.0 Å². The third kappa shape index (κ3) is 5.62. The number of furan rings is 1. The number of benzene rings is 3. The molecule has 0 bridgehead atoms. The largest absolute Gasteiger partial charge is 0.494 e.